The third kappa shape index (κ3) is 3.06. The molecule has 0 aliphatic rings. The molecule has 134 valence electrons. The Morgan fingerprint density at radius 2 is 1.41 bits per heavy atom. The number of hydrogen-bond donors (Lipinski definition) is 2. The van der Waals surface area contributed by atoms with E-state index in [1.54, 1.807) is 13.0 Å². The van der Waals surface area contributed by atoms with Gasteiger partial charge < -0.3 is 15.1 Å². The van der Waals surface area contributed by atoms with Crippen LogP contribution in [0.4, 0.5) is 0 Å². The topological polar surface area (TPSA) is 62.0 Å². The van der Waals surface area contributed by atoms with Crippen LogP contribution in [0.1, 0.15) is 6.92 Å². The number of nitrogens with zero attached hydrogens (tertiary/aromatic N) is 1. The van der Waals surface area contributed by atoms with Crippen molar-refractivity contribution in [3.05, 3.63) is 72.8 Å². The molecule has 0 aliphatic heterocycles. The lowest BCUT2D eigenvalue weighted by atomic mass is 9.92. The number of oxime groups is 1. The van der Waals surface area contributed by atoms with Gasteiger partial charge in [0.15, 0.2) is 0 Å². The summed E-state index contributed by atoms with van der Waals surface area (Å²) >= 11 is 0. The minimum atomic E-state index is 0.160. The first-order valence-corrected chi connectivity index (χ1v) is 8.72. The third-order valence-electron chi connectivity index (χ3n) is 4.66. The highest BCUT2D eigenvalue weighted by atomic mass is 16.5. The Labute approximate surface area is 156 Å². The van der Waals surface area contributed by atoms with Crippen molar-refractivity contribution in [1.82, 2.24) is 0 Å². The van der Waals surface area contributed by atoms with Crippen LogP contribution in [-0.2, 0) is 0 Å². The van der Waals surface area contributed by atoms with E-state index in [0.29, 0.717) is 11.5 Å². The summed E-state index contributed by atoms with van der Waals surface area (Å²) in [6.45, 7) is 1.85. The highest BCUT2D eigenvalue weighted by Crippen LogP contribution is 2.44. The van der Waals surface area contributed by atoms with Gasteiger partial charge in [0, 0.05) is 11.1 Å². The van der Waals surface area contributed by atoms with Crippen LogP contribution in [0.2, 0.25) is 0 Å². The maximum atomic E-state index is 10.8. The van der Waals surface area contributed by atoms with Crippen LogP contribution >= 0.6 is 0 Å². The van der Waals surface area contributed by atoms with Crippen molar-refractivity contribution >= 4 is 27.3 Å². The van der Waals surface area contributed by atoms with Crippen LogP contribution in [-0.4, -0.2) is 22.6 Å². The molecule has 4 aromatic rings. The van der Waals surface area contributed by atoms with Crippen LogP contribution in [0, 0.1) is 0 Å². The molecule has 0 saturated heterocycles. The first kappa shape index (κ1) is 16.9. The molecule has 0 aromatic heterocycles. The fourth-order valence-corrected chi connectivity index (χ4v) is 3.36. The molecular weight excluding hydrogens is 338 g/mol. The fraction of sp³-hybridized carbons (Fsp3) is 0.0870. The Kier molecular flexibility index (Phi) is 4.38. The number of hydrogen-bond acceptors (Lipinski definition) is 4. The lowest BCUT2D eigenvalue weighted by Crippen LogP contribution is -2.08. The molecule has 0 atom stereocenters. The Hall–Kier alpha value is -3.53. The first-order valence-electron chi connectivity index (χ1n) is 8.72. The van der Waals surface area contributed by atoms with Crippen LogP contribution in [0.15, 0.2) is 78.0 Å². The van der Waals surface area contributed by atoms with Crippen molar-refractivity contribution in [2.75, 3.05) is 6.61 Å². The maximum absolute atomic E-state index is 10.8. The number of phenols is 1. The molecule has 0 fully saturated rings. The Bertz CT molecular complexity index is 1160. The largest absolute Gasteiger partial charge is 0.507 e. The number of aromatic hydroxyl groups is 1. The molecule has 0 bridgehead atoms. The van der Waals surface area contributed by atoms with Crippen LogP contribution < -0.4 is 4.74 Å². The smallest absolute Gasteiger partial charge is 0.129 e. The molecule has 0 heterocycles. The Balaban J connectivity index is 2.04. The van der Waals surface area contributed by atoms with Gasteiger partial charge in [-0.25, -0.2) is 0 Å². The number of benzene rings is 4. The second-order valence-corrected chi connectivity index (χ2v) is 6.46. The molecule has 0 saturated carbocycles. The van der Waals surface area contributed by atoms with Gasteiger partial charge in [0.25, 0.3) is 0 Å². The lowest BCUT2D eigenvalue weighted by molar-refractivity contribution is 0.307. The molecule has 0 radical (unpaired) electrons. The summed E-state index contributed by atoms with van der Waals surface area (Å²) < 4.78 is 5.95. The fourth-order valence-electron chi connectivity index (χ4n) is 3.36. The Morgan fingerprint density at radius 3 is 2.07 bits per heavy atom. The number of phenolic OH excluding ortho intramolecular Hbond substituents is 1. The van der Waals surface area contributed by atoms with E-state index in [4.69, 9.17) is 9.94 Å². The van der Waals surface area contributed by atoms with Crippen molar-refractivity contribution in [3.63, 3.8) is 0 Å². The minimum absolute atomic E-state index is 0.160. The number of rotatable bonds is 4. The van der Waals surface area contributed by atoms with Crippen LogP contribution in [0.25, 0.3) is 32.7 Å². The van der Waals surface area contributed by atoms with Crippen molar-refractivity contribution < 1.29 is 15.1 Å². The van der Waals surface area contributed by atoms with Gasteiger partial charge in [0.05, 0.1) is 5.71 Å². The first-order chi connectivity index (χ1) is 13.2. The summed E-state index contributed by atoms with van der Waals surface area (Å²) in [7, 11) is 0. The van der Waals surface area contributed by atoms with E-state index in [1.165, 1.54) is 0 Å². The summed E-state index contributed by atoms with van der Waals surface area (Å²) in [4.78, 5) is 0. The van der Waals surface area contributed by atoms with E-state index in [0.717, 1.165) is 32.7 Å². The van der Waals surface area contributed by atoms with Crippen molar-refractivity contribution in [2.45, 2.75) is 6.92 Å². The monoisotopic (exact) mass is 357 g/mol. The summed E-state index contributed by atoms with van der Waals surface area (Å²) in [6.07, 6.45) is 0. The van der Waals surface area contributed by atoms with Gasteiger partial charge in [0.2, 0.25) is 0 Å². The zero-order valence-electron chi connectivity index (χ0n) is 14.9. The van der Waals surface area contributed by atoms with Crippen molar-refractivity contribution in [3.8, 4) is 22.6 Å². The SMILES string of the molecule is C/C(COc1ccc2ccccc2c1-c1c(O)ccc2ccccc12)=N\O. The van der Waals surface area contributed by atoms with Gasteiger partial charge in [-0.15, -0.1) is 0 Å². The van der Waals surface area contributed by atoms with Crippen LogP contribution in [0.5, 0.6) is 11.5 Å². The number of ether oxygens (including phenoxy) is 1. The summed E-state index contributed by atoms with van der Waals surface area (Å²) in [6, 6.07) is 23.5. The minimum Gasteiger partial charge on any atom is -0.507 e. The van der Waals surface area contributed by atoms with E-state index in [1.807, 2.05) is 66.7 Å². The highest BCUT2D eigenvalue weighted by Gasteiger charge is 2.17. The lowest BCUT2D eigenvalue weighted by Gasteiger charge is -2.17. The summed E-state index contributed by atoms with van der Waals surface area (Å²) in [5, 5.41) is 26.9. The molecular formula is C23H19NO3. The van der Waals surface area contributed by atoms with E-state index < -0.39 is 0 Å². The molecule has 27 heavy (non-hydrogen) atoms. The molecule has 0 unspecified atom stereocenters. The molecule has 2 N–H and O–H groups in total. The highest BCUT2D eigenvalue weighted by molar-refractivity contribution is 6.09. The maximum Gasteiger partial charge on any atom is 0.129 e. The molecule has 4 aromatic carbocycles. The standard InChI is InChI=1S/C23H19NO3/c1-15(24-26)14-27-21-13-11-17-7-3-5-9-19(17)23(21)22-18-8-4-2-6-16(18)10-12-20(22)25/h2-13,25-26H,14H2,1H3/b24-15+. The summed E-state index contributed by atoms with van der Waals surface area (Å²) in [5.41, 5.74) is 2.03. The quantitative estimate of drug-likeness (QED) is 0.284. The molecule has 0 spiro atoms. The predicted octanol–water partition coefficient (Wildman–Crippen LogP) is 5.59. The van der Waals surface area contributed by atoms with Gasteiger partial charge in [-0.3, -0.25) is 0 Å². The van der Waals surface area contributed by atoms with E-state index >= 15 is 0 Å². The molecule has 4 heteroatoms. The van der Waals surface area contributed by atoms with Crippen LogP contribution in [0.3, 0.4) is 0 Å². The zero-order chi connectivity index (χ0) is 18.8. The molecule has 0 amide bonds. The third-order valence-corrected chi connectivity index (χ3v) is 4.66. The average molecular weight is 357 g/mol. The van der Waals surface area contributed by atoms with E-state index in [2.05, 4.69) is 5.16 Å². The van der Waals surface area contributed by atoms with E-state index in [-0.39, 0.29) is 12.4 Å². The zero-order valence-corrected chi connectivity index (χ0v) is 14.9. The van der Waals surface area contributed by atoms with Gasteiger partial charge in [-0.1, -0.05) is 65.8 Å². The van der Waals surface area contributed by atoms with Gasteiger partial charge in [-0.2, -0.15) is 0 Å². The predicted molar refractivity (Wildman–Crippen MR) is 109 cm³/mol. The molecule has 0 aliphatic carbocycles. The van der Waals surface area contributed by atoms with Gasteiger partial charge >= 0.3 is 0 Å². The normalized spacial score (nSPS) is 11.8. The van der Waals surface area contributed by atoms with Gasteiger partial charge in [-0.05, 0) is 40.6 Å². The van der Waals surface area contributed by atoms with Crippen molar-refractivity contribution in [1.29, 1.82) is 0 Å². The summed E-state index contributed by atoms with van der Waals surface area (Å²) in [5.74, 6) is 0.825. The van der Waals surface area contributed by atoms with E-state index in [9.17, 15) is 5.11 Å². The Morgan fingerprint density at radius 1 is 0.815 bits per heavy atom. The second-order valence-electron chi connectivity index (χ2n) is 6.46. The molecule has 4 rings (SSSR count). The molecule has 4 nitrogen and oxygen atoms in total. The van der Waals surface area contributed by atoms with Crippen molar-refractivity contribution in [2.24, 2.45) is 5.16 Å². The second kappa shape index (κ2) is 7.00. The van der Waals surface area contributed by atoms with Gasteiger partial charge in [0.1, 0.15) is 18.1 Å². The number of fused-ring (bicyclic) bond motifs is 2. The average Bonchev–Trinajstić information content (AvgIpc) is 2.72.